The maximum absolute atomic E-state index is 12.0. The zero-order valence-electron chi connectivity index (χ0n) is 23.6. The Balaban J connectivity index is 1.18. The van der Waals surface area contributed by atoms with Gasteiger partial charge >= 0.3 is 5.97 Å². The number of nitrogens with one attached hydrogen (secondary N) is 1. The van der Waals surface area contributed by atoms with E-state index < -0.39 is 5.97 Å². The van der Waals surface area contributed by atoms with Crippen molar-refractivity contribution in [3.8, 4) is 11.5 Å². The van der Waals surface area contributed by atoms with Crippen molar-refractivity contribution in [2.75, 3.05) is 37.6 Å². The first-order valence-corrected chi connectivity index (χ1v) is 14.7. The van der Waals surface area contributed by atoms with Gasteiger partial charge in [-0.3, -0.25) is 4.90 Å². The number of carboxylic acids is 1. The van der Waals surface area contributed by atoms with Crippen molar-refractivity contribution in [2.24, 2.45) is 5.41 Å². The Labute approximate surface area is 246 Å². The van der Waals surface area contributed by atoms with Crippen molar-refractivity contribution >= 4 is 39.7 Å². The second-order valence-corrected chi connectivity index (χ2v) is 12.4. The van der Waals surface area contributed by atoms with Crippen molar-refractivity contribution in [1.29, 1.82) is 0 Å². The van der Waals surface area contributed by atoms with Crippen LogP contribution in [0.4, 0.5) is 5.69 Å². The van der Waals surface area contributed by atoms with Crippen LogP contribution in [0, 0.1) is 5.41 Å². The molecule has 0 bridgehead atoms. The molecule has 1 aliphatic carbocycles. The van der Waals surface area contributed by atoms with Crippen LogP contribution >= 0.6 is 11.6 Å². The molecule has 1 aromatic heterocycles. The Kier molecular flexibility index (Phi) is 7.54. The summed E-state index contributed by atoms with van der Waals surface area (Å²) in [5.74, 6) is -0.0143. The first-order valence-electron chi connectivity index (χ1n) is 14.3. The van der Waals surface area contributed by atoms with Gasteiger partial charge < -0.3 is 19.7 Å². The molecule has 0 amide bonds. The average Bonchev–Trinajstić information content (AvgIpc) is 3.44. The highest BCUT2D eigenvalue weighted by atomic mass is 35.5. The summed E-state index contributed by atoms with van der Waals surface area (Å²) in [7, 11) is 0. The molecule has 41 heavy (non-hydrogen) atoms. The third-order valence-electron chi connectivity index (χ3n) is 8.49. The highest BCUT2D eigenvalue weighted by Gasteiger charge is 2.29. The van der Waals surface area contributed by atoms with Crippen molar-refractivity contribution < 1.29 is 14.6 Å². The molecular formula is C34H36ClN3O3. The molecule has 1 fully saturated rings. The Morgan fingerprint density at radius 3 is 2.54 bits per heavy atom. The van der Waals surface area contributed by atoms with Crippen molar-refractivity contribution in [1.82, 2.24) is 9.88 Å². The Morgan fingerprint density at radius 2 is 1.78 bits per heavy atom. The fraction of sp³-hybridized carbons (Fsp3) is 0.324. The van der Waals surface area contributed by atoms with Crippen molar-refractivity contribution in [3.05, 3.63) is 94.6 Å². The molecule has 2 heterocycles. The van der Waals surface area contributed by atoms with Crippen molar-refractivity contribution in [2.45, 2.75) is 33.1 Å². The third-order valence-corrected chi connectivity index (χ3v) is 8.74. The van der Waals surface area contributed by atoms with Gasteiger partial charge in [0.05, 0.1) is 0 Å². The lowest BCUT2D eigenvalue weighted by Crippen LogP contribution is -2.47. The zero-order chi connectivity index (χ0) is 28.6. The number of H-pyrrole nitrogens is 1. The molecule has 3 aromatic carbocycles. The maximum Gasteiger partial charge on any atom is 0.339 e. The number of benzene rings is 3. The predicted octanol–water partition coefficient (Wildman–Crippen LogP) is 8.10. The summed E-state index contributed by atoms with van der Waals surface area (Å²) in [6.45, 7) is 9.34. The van der Waals surface area contributed by atoms with E-state index >= 15 is 0 Å². The summed E-state index contributed by atoms with van der Waals surface area (Å²) in [6, 6.07) is 21.4. The molecule has 6 nitrogen and oxygen atoms in total. The number of halogens is 1. The number of hydrogen-bond donors (Lipinski definition) is 2. The molecule has 0 unspecified atom stereocenters. The van der Waals surface area contributed by atoms with Crippen LogP contribution in [0.2, 0.25) is 5.02 Å². The van der Waals surface area contributed by atoms with Gasteiger partial charge in [0, 0.05) is 66.6 Å². The summed E-state index contributed by atoms with van der Waals surface area (Å²) in [6.07, 6.45) is 5.25. The largest absolute Gasteiger partial charge is 0.478 e. The SMILES string of the molecule is CC1(C)CCC(c2ccc(Cl)cc2)=C(CN2CCN(c3ccc(C(=O)O)c(Oc4cccc5[nH]ccc45)c3)CC2)C1. The minimum Gasteiger partial charge on any atom is -0.478 e. The minimum absolute atomic E-state index is 0.154. The average molecular weight is 570 g/mol. The lowest BCUT2D eigenvalue weighted by molar-refractivity contribution is 0.0694. The quantitative estimate of drug-likeness (QED) is 0.235. The molecule has 0 spiro atoms. The monoisotopic (exact) mass is 569 g/mol. The molecular weight excluding hydrogens is 534 g/mol. The lowest BCUT2D eigenvalue weighted by Gasteiger charge is -2.39. The van der Waals surface area contributed by atoms with Gasteiger partial charge in [0.2, 0.25) is 0 Å². The first-order chi connectivity index (χ1) is 19.8. The topological polar surface area (TPSA) is 68.8 Å². The number of carbonyl (C=O) groups is 1. The number of aromatic carboxylic acids is 1. The number of anilines is 1. The molecule has 6 rings (SSSR count). The Hall–Kier alpha value is -3.74. The summed E-state index contributed by atoms with van der Waals surface area (Å²) in [5.41, 5.74) is 6.69. The zero-order valence-corrected chi connectivity index (χ0v) is 24.4. The fourth-order valence-electron chi connectivity index (χ4n) is 6.23. The predicted molar refractivity (Wildman–Crippen MR) is 166 cm³/mol. The number of nitrogens with zero attached hydrogens (tertiary/aromatic N) is 2. The highest BCUT2D eigenvalue weighted by Crippen LogP contribution is 2.43. The van der Waals surface area contributed by atoms with Crippen LogP contribution < -0.4 is 9.64 Å². The molecule has 1 saturated heterocycles. The molecule has 1 aliphatic heterocycles. The van der Waals surface area contributed by atoms with Gasteiger partial charge in [-0.25, -0.2) is 4.79 Å². The normalized spacial score (nSPS) is 17.7. The second-order valence-electron chi connectivity index (χ2n) is 12.0. The van der Waals surface area contributed by atoms with Gasteiger partial charge in [-0.1, -0.05) is 49.2 Å². The molecule has 7 heteroatoms. The van der Waals surface area contributed by atoms with E-state index in [1.54, 1.807) is 6.07 Å². The first kappa shape index (κ1) is 27.4. The summed E-state index contributed by atoms with van der Waals surface area (Å²) < 4.78 is 6.22. The van der Waals surface area contributed by atoms with E-state index in [0.29, 0.717) is 16.9 Å². The standard InChI is InChI=1S/C34H36ClN3O3/c1-34(2)14-12-27(23-6-8-25(35)9-7-23)24(21-34)22-37-16-18-38(19-17-37)26-10-11-29(33(39)40)32(20-26)41-31-5-3-4-30-28(31)13-15-36-30/h3-11,13,15,20,36H,12,14,16-19,21-22H2,1-2H3,(H,39,40). The van der Waals surface area contributed by atoms with E-state index in [1.807, 2.05) is 54.7 Å². The molecule has 0 saturated carbocycles. The number of piperazine rings is 1. The molecule has 0 radical (unpaired) electrons. The van der Waals surface area contributed by atoms with E-state index in [2.05, 4.69) is 40.8 Å². The Bertz CT molecular complexity index is 1600. The van der Waals surface area contributed by atoms with Crippen LogP contribution in [0.15, 0.2) is 78.5 Å². The molecule has 0 atom stereocenters. The number of rotatable bonds is 7. The number of aromatic nitrogens is 1. The number of hydrogen-bond acceptors (Lipinski definition) is 4. The van der Waals surface area contributed by atoms with Crippen LogP contribution in [0.25, 0.3) is 16.5 Å². The molecule has 2 aliphatic rings. The van der Waals surface area contributed by atoms with Crippen LogP contribution in [0.3, 0.4) is 0 Å². The number of carboxylic acid groups (broad SMARTS) is 1. The van der Waals surface area contributed by atoms with Gasteiger partial charge in [0.1, 0.15) is 17.1 Å². The van der Waals surface area contributed by atoms with E-state index in [-0.39, 0.29) is 5.56 Å². The number of ether oxygens (including phenoxy) is 1. The molecule has 2 N–H and O–H groups in total. The van der Waals surface area contributed by atoms with Crippen LogP contribution in [0.5, 0.6) is 11.5 Å². The summed E-state index contributed by atoms with van der Waals surface area (Å²) >= 11 is 6.18. The van der Waals surface area contributed by atoms with Crippen LogP contribution in [-0.4, -0.2) is 53.7 Å². The smallest absolute Gasteiger partial charge is 0.339 e. The minimum atomic E-state index is -1.00. The number of fused-ring (bicyclic) bond motifs is 1. The fourth-order valence-corrected chi connectivity index (χ4v) is 6.36. The number of allylic oxidation sites excluding steroid dienone is 1. The second kappa shape index (κ2) is 11.3. The molecule has 212 valence electrons. The van der Waals surface area contributed by atoms with Gasteiger partial charge in [-0.15, -0.1) is 0 Å². The van der Waals surface area contributed by atoms with E-state index in [4.69, 9.17) is 16.3 Å². The van der Waals surface area contributed by atoms with Gasteiger partial charge in [0.25, 0.3) is 0 Å². The number of aromatic amines is 1. The van der Waals surface area contributed by atoms with Crippen LogP contribution in [0.1, 0.15) is 49.0 Å². The van der Waals surface area contributed by atoms with Gasteiger partial charge in [-0.2, -0.15) is 0 Å². The van der Waals surface area contributed by atoms with E-state index in [9.17, 15) is 9.90 Å². The summed E-state index contributed by atoms with van der Waals surface area (Å²) in [5, 5.41) is 11.5. The van der Waals surface area contributed by atoms with Gasteiger partial charge in [-0.05, 0) is 78.3 Å². The maximum atomic E-state index is 12.0. The van der Waals surface area contributed by atoms with Gasteiger partial charge in [0.15, 0.2) is 0 Å². The highest BCUT2D eigenvalue weighted by molar-refractivity contribution is 6.30. The van der Waals surface area contributed by atoms with Crippen LogP contribution in [-0.2, 0) is 0 Å². The third kappa shape index (κ3) is 5.99. The Morgan fingerprint density at radius 1 is 1.00 bits per heavy atom. The van der Waals surface area contributed by atoms with E-state index in [1.165, 1.54) is 23.1 Å². The summed E-state index contributed by atoms with van der Waals surface area (Å²) in [4.78, 5) is 20.1. The van der Waals surface area contributed by atoms with Crippen molar-refractivity contribution in [3.63, 3.8) is 0 Å². The molecule has 4 aromatic rings. The lowest BCUT2D eigenvalue weighted by atomic mass is 9.73. The van der Waals surface area contributed by atoms with E-state index in [0.717, 1.165) is 67.2 Å².